The van der Waals surface area contributed by atoms with Crippen molar-refractivity contribution in [1.82, 2.24) is 24.5 Å². The third-order valence-electron chi connectivity index (χ3n) is 4.44. The molecule has 0 bridgehead atoms. The second-order valence-corrected chi connectivity index (χ2v) is 8.06. The van der Waals surface area contributed by atoms with Crippen LogP contribution in [0.3, 0.4) is 0 Å². The summed E-state index contributed by atoms with van der Waals surface area (Å²) in [5.41, 5.74) is 0. The zero-order valence-corrected chi connectivity index (χ0v) is 15.9. The van der Waals surface area contributed by atoms with Crippen LogP contribution in [0.25, 0.3) is 0 Å². The van der Waals surface area contributed by atoms with E-state index in [9.17, 15) is 4.79 Å². The van der Waals surface area contributed by atoms with Crippen LogP contribution in [0.4, 0.5) is 5.13 Å². The van der Waals surface area contributed by atoms with E-state index >= 15 is 0 Å². The number of carbonyl (C=O) groups excluding carboxylic acids is 1. The Morgan fingerprint density at radius 3 is 2.77 bits per heavy atom. The van der Waals surface area contributed by atoms with Gasteiger partial charge in [0.05, 0.1) is 5.75 Å². The maximum Gasteiger partial charge on any atom is 0.236 e. The number of carbonyl (C=O) groups is 1. The van der Waals surface area contributed by atoms with E-state index in [1.807, 2.05) is 39.3 Å². The van der Waals surface area contributed by atoms with Gasteiger partial charge in [-0.25, -0.2) is 9.66 Å². The third-order valence-corrected chi connectivity index (χ3v) is 6.05. The lowest BCUT2D eigenvalue weighted by Gasteiger charge is -2.22. The highest BCUT2D eigenvalue weighted by Gasteiger charge is 2.24. The fourth-order valence-corrected chi connectivity index (χ4v) is 4.51. The molecule has 3 heterocycles. The quantitative estimate of drug-likeness (QED) is 0.653. The minimum absolute atomic E-state index is 0.0915. The Hall–Kier alpha value is -2.13. The summed E-state index contributed by atoms with van der Waals surface area (Å²) in [6.45, 7) is 0. The fourth-order valence-electron chi connectivity index (χ4n) is 3.23. The summed E-state index contributed by atoms with van der Waals surface area (Å²) >= 11 is 2.80. The molecule has 3 aromatic heterocycles. The monoisotopic (exact) mass is 388 g/mol. The number of nitrogens with one attached hydrogen (secondary N) is 1. The SMILES string of the molecule is O=C(CSc1nnc(C2CCCCC2)n1-n1cccc1)Nc1nccs1. The molecule has 1 amide bonds. The Kier molecular flexibility index (Phi) is 5.35. The lowest BCUT2D eigenvalue weighted by atomic mass is 9.89. The number of thiazole rings is 1. The second kappa shape index (κ2) is 8.05. The predicted octanol–water partition coefficient (Wildman–Crippen LogP) is 3.63. The Bertz CT molecular complexity index is 837. The molecule has 1 saturated carbocycles. The molecule has 0 aliphatic heterocycles. The minimum atomic E-state index is -0.0915. The molecule has 1 fully saturated rings. The van der Waals surface area contributed by atoms with E-state index in [4.69, 9.17) is 0 Å². The summed E-state index contributed by atoms with van der Waals surface area (Å²) in [5, 5.41) is 14.8. The van der Waals surface area contributed by atoms with Gasteiger partial charge in [0.15, 0.2) is 11.0 Å². The number of thioether (sulfide) groups is 1. The molecular weight excluding hydrogens is 368 g/mol. The first kappa shape index (κ1) is 17.3. The van der Waals surface area contributed by atoms with Crippen LogP contribution in [-0.4, -0.2) is 36.2 Å². The Morgan fingerprint density at radius 1 is 1.23 bits per heavy atom. The Balaban J connectivity index is 1.52. The normalized spacial score (nSPS) is 15.2. The lowest BCUT2D eigenvalue weighted by molar-refractivity contribution is -0.113. The summed E-state index contributed by atoms with van der Waals surface area (Å²) < 4.78 is 4.03. The molecule has 7 nitrogen and oxygen atoms in total. The highest BCUT2D eigenvalue weighted by Crippen LogP contribution is 2.33. The maximum atomic E-state index is 12.2. The minimum Gasteiger partial charge on any atom is -0.301 e. The van der Waals surface area contributed by atoms with Gasteiger partial charge in [-0.1, -0.05) is 31.0 Å². The van der Waals surface area contributed by atoms with Crippen LogP contribution in [0.1, 0.15) is 43.8 Å². The Labute approximate surface area is 159 Å². The van der Waals surface area contributed by atoms with Gasteiger partial charge < -0.3 is 5.32 Å². The van der Waals surface area contributed by atoms with E-state index < -0.39 is 0 Å². The molecule has 1 aliphatic rings. The standard InChI is InChI=1S/C17H20N6OS2/c24-14(19-16-18-8-11-25-16)12-26-17-21-20-15(13-6-2-1-3-7-13)23(17)22-9-4-5-10-22/h4-5,8-11,13H,1-3,6-7,12H2,(H,18,19,24). The zero-order valence-electron chi connectivity index (χ0n) is 14.2. The molecule has 0 radical (unpaired) electrons. The van der Waals surface area contributed by atoms with Crippen LogP contribution in [-0.2, 0) is 4.79 Å². The highest BCUT2D eigenvalue weighted by atomic mass is 32.2. The summed E-state index contributed by atoms with van der Waals surface area (Å²) in [6, 6.07) is 3.96. The second-order valence-electron chi connectivity index (χ2n) is 6.22. The van der Waals surface area contributed by atoms with Gasteiger partial charge >= 0.3 is 0 Å². The first-order valence-electron chi connectivity index (χ1n) is 8.72. The first-order chi connectivity index (χ1) is 12.8. The summed E-state index contributed by atoms with van der Waals surface area (Å²) in [4.78, 5) is 16.2. The number of anilines is 1. The third kappa shape index (κ3) is 3.83. The molecule has 0 saturated heterocycles. The first-order valence-corrected chi connectivity index (χ1v) is 10.6. The van der Waals surface area contributed by atoms with E-state index in [-0.39, 0.29) is 11.7 Å². The fraction of sp³-hybridized carbons (Fsp3) is 0.412. The topological polar surface area (TPSA) is 77.6 Å². The van der Waals surface area contributed by atoms with E-state index in [1.54, 1.807) is 6.20 Å². The number of hydrogen-bond acceptors (Lipinski definition) is 6. The van der Waals surface area contributed by atoms with Gasteiger partial charge in [-0.3, -0.25) is 9.47 Å². The van der Waals surface area contributed by atoms with Gasteiger partial charge in [-0.15, -0.1) is 21.5 Å². The van der Waals surface area contributed by atoms with Gasteiger partial charge in [0.1, 0.15) is 0 Å². The molecule has 4 rings (SSSR count). The molecule has 9 heteroatoms. The summed E-state index contributed by atoms with van der Waals surface area (Å²) in [6.07, 6.45) is 11.7. The van der Waals surface area contributed by atoms with Crippen molar-refractivity contribution in [3.8, 4) is 0 Å². The van der Waals surface area contributed by atoms with Crippen LogP contribution in [0.2, 0.25) is 0 Å². The van der Waals surface area contributed by atoms with Gasteiger partial charge in [0, 0.05) is 29.9 Å². The maximum absolute atomic E-state index is 12.2. The van der Waals surface area contributed by atoms with E-state index in [0.29, 0.717) is 11.0 Å². The average molecular weight is 389 g/mol. The summed E-state index contributed by atoms with van der Waals surface area (Å²) in [7, 11) is 0. The smallest absolute Gasteiger partial charge is 0.236 e. The van der Waals surface area contributed by atoms with Gasteiger partial charge in [-0.2, -0.15) is 0 Å². The van der Waals surface area contributed by atoms with E-state index in [2.05, 4.69) is 20.5 Å². The highest BCUT2D eigenvalue weighted by molar-refractivity contribution is 7.99. The van der Waals surface area contributed by atoms with Crippen molar-refractivity contribution in [3.63, 3.8) is 0 Å². The number of aromatic nitrogens is 5. The Morgan fingerprint density at radius 2 is 2.04 bits per heavy atom. The molecule has 0 atom stereocenters. The average Bonchev–Trinajstić information content (AvgIpc) is 3.41. The molecule has 0 unspecified atom stereocenters. The van der Waals surface area contributed by atoms with Crippen molar-refractivity contribution >= 4 is 34.1 Å². The largest absolute Gasteiger partial charge is 0.301 e. The molecule has 1 aliphatic carbocycles. The van der Waals surface area contributed by atoms with Crippen molar-refractivity contribution in [1.29, 1.82) is 0 Å². The summed E-state index contributed by atoms with van der Waals surface area (Å²) in [5.74, 6) is 1.59. The molecular formula is C17H20N6OS2. The van der Waals surface area contributed by atoms with Gasteiger partial charge in [0.2, 0.25) is 11.1 Å². The number of rotatable bonds is 6. The number of hydrogen-bond donors (Lipinski definition) is 1. The van der Waals surface area contributed by atoms with Crippen molar-refractivity contribution in [2.45, 2.75) is 43.2 Å². The molecule has 1 N–H and O–H groups in total. The molecule has 26 heavy (non-hydrogen) atoms. The van der Waals surface area contributed by atoms with Crippen LogP contribution < -0.4 is 5.32 Å². The van der Waals surface area contributed by atoms with Crippen LogP contribution >= 0.6 is 23.1 Å². The van der Waals surface area contributed by atoms with Gasteiger partial charge in [0.25, 0.3) is 0 Å². The number of amides is 1. The van der Waals surface area contributed by atoms with Crippen molar-refractivity contribution in [2.75, 3.05) is 11.1 Å². The molecule has 3 aromatic rings. The van der Waals surface area contributed by atoms with Crippen LogP contribution in [0, 0.1) is 0 Å². The van der Waals surface area contributed by atoms with Crippen molar-refractivity contribution < 1.29 is 4.79 Å². The van der Waals surface area contributed by atoms with E-state index in [1.165, 1.54) is 42.4 Å². The van der Waals surface area contributed by atoms with Crippen LogP contribution in [0.15, 0.2) is 41.3 Å². The number of nitrogens with zero attached hydrogens (tertiary/aromatic N) is 5. The molecule has 0 spiro atoms. The van der Waals surface area contributed by atoms with Gasteiger partial charge in [-0.05, 0) is 25.0 Å². The molecule has 0 aromatic carbocycles. The predicted molar refractivity (Wildman–Crippen MR) is 103 cm³/mol. The molecule has 136 valence electrons. The zero-order chi connectivity index (χ0) is 17.8. The van der Waals surface area contributed by atoms with Crippen molar-refractivity contribution in [3.05, 3.63) is 41.9 Å². The van der Waals surface area contributed by atoms with E-state index in [0.717, 1.165) is 23.8 Å². The van der Waals surface area contributed by atoms with Crippen LogP contribution in [0.5, 0.6) is 0 Å². The van der Waals surface area contributed by atoms with Crippen molar-refractivity contribution in [2.24, 2.45) is 0 Å². The lowest BCUT2D eigenvalue weighted by Crippen LogP contribution is -2.18.